The van der Waals surface area contributed by atoms with Gasteiger partial charge in [-0.05, 0) is 85.6 Å². The summed E-state index contributed by atoms with van der Waals surface area (Å²) in [6, 6.07) is 11.6. The summed E-state index contributed by atoms with van der Waals surface area (Å²) in [4.78, 5) is 24.3. The van der Waals surface area contributed by atoms with Crippen LogP contribution in [0.1, 0.15) is 60.2 Å². The highest BCUT2D eigenvalue weighted by molar-refractivity contribution is 6.34. The lowest BCUT2D eigenvalue weighted by Gasteiger charge is -2.52. The molecule has 8 nitrogen and oxygen atoms in total. The molecule has 1 aromatic heterocycles. The van der Waals surface area contributed by atoms with Gasteiger partial charge in [0.1, 0.15) is 5.75 Å². The van der Waals surface area contributed by atoms with E-state index in [0.717, 1.165) is 63.0 Å². The summed E-state index contributed by atoms with van der Waals surface area (Å²) < 4.78 is 5.63. The molecule has 0 bridgehead atoms. The van der Waals surface area contributed by atoms with Crippen molar-refractivity contribution in [3.8, 4) is 23.1 Å². The van der Waals surface area contributed by atoms with Crippen LogP contribution in [0.15, 0.2) is 36.5 Å². The van der Waals surface area contributed by atoms with E-state index in [1.54, 1.807) is 25.4 Å². The summed E-state index contributed by atoms with van der Waals surface area (Å²) in [6.45, 7) is 7.97. The standard InChI is InChI=1S/C31H33ClN6O2/c1-30(2)6-4-21-20(16-33)12-19(13-23(21)30)25-5-9-35-29(36-25)37-26-15-24(32)22(14-27(26)40-3)28(39)38-17-31(18-38)7-10-34-11-8-31/h5,9,12-15,34H,4,6-8,10-11,17-18H2,1-3H3,(H,35,36,37). The number of carbonyl (C=O) groups is 1. The van der Waals surface area contributed by atoms with Gasteiger partial charge >= 0.3 is 0 Å². The number of rotatable bonds is 5. The summed E-state index contributed by atoms with van der Waals surface area (Å²) in [5, 5.41) is 16.8. The van der Waals surface area contributed by atoms with Gasteiger partial charge in [0.15, 0.2) is 0 Å². The van der Waals surface area contributed by atoms with Crippen molar-refractivity contribution in [3.63, 3.8) is 0 Å². The SMILES string of the molecule is COc1cc(C(=O)N2CC3(CCNCC3)C2)c(Cl)cc1Nc1nccc(-c2cc(C#N)c3c(c2)C(C)(C)CC3)n1. The number of amides is 1. The first-order valence-electron chi connectivity index (χ1n) is 13.8. The average Bonchev–Trinajstić information content (AvgIpc) is 3.25. The molecule has 206 valence electrons. The second-order valence-corrected chi connectivity index (χ2v) is 12.3. The Morgan fingerprint density at radius 3 is 2.67 bits per heavy atom. The van der Waals surface area contributed by atoms with Gasteiger partial charge < -0.3 is 20.3 Å². The molecule has 0 radical (unpaired) electrons. The van der Waals surface area contributed by atoms with Gasteiger partial charge in [-0.3, -0.25) is 4.79 Å². The van der Waals surface area contributed by atoms with E-state index in [0.29, 0.717) is 39.2 Å². The largest absolute Gasteiger partial charge is 0.495 e. The normalized spacial score (nSPS) is 18.5. The Hall–Kier alpha value is -3.67. The van der Waals surface area contributed by atoms with Crippen molar-refractivity contribution in [3.05, 3.63) is 63.8 Å². The number of anilines is 2. The second kappa shape index (κ2) is 10.1. The van der Waals surface area contributed by atoms with Gasteiger partial charge in [0, 0.05) is 30.3 Å². The van der Waals surface area contributed by atoms with Gasteiger partial charge in [-0.25, -0.2) is 9.97 Å². The molecule has 1 aliphatic carbocycles. The summed E-state index contributed by atoms with van der Waals surface area (Å²) >= 11 is 6.64. The van der Waals surface area contributed by atoms with Crippen LogP contribution in [0.3, 0.4) is 0 Å². The third-order valence-electron chi connectivity index (χ3n) is 8.82. The van der Waals surface area contributed by atoms with E-state index in [9.17, 15) is 10.1 Å². The van der Waals surface area contributed by atoms with Crippen molar-refractivity contribution in [1.82, 2.24) is 20.2 Å². The molecule has 0 atom stereocenters. The minimum atomic E-state index is -0.0786. The number of nitrogens with zero attached hydrogens (tertiary/aromatic N) is 4. The number of ether oxygens (including phenoxy) is 1. The van der Waals surface area contributed by atoms with E-state index in [1.807, 2.05) is 17.0 Å². The summed E-state index contributed by atoms with van der Waals surface area (Å²) in [6.07, 6.45) is 5.80. The Labute approximate surface area is 239 Å². The molecular formula is C31H33ClN6O2. The van der Waals surface area contributed by atoms with E-state index in [-0.39, 0.29) is 16.7 Å². The minimum absolute atomic E-state index is 0.0125. The lowest BCUT2D eigenvalue weighted by atomic mass is 9.72. The molecule has 2 saturated heterocycles. The molecule has 1 amide bonds. The Morgan fingerprint density at radius 2 is 1.95 bits per heavy atom. The number of likely N-dealkylation sites (tertiary alicyclic amines) is 1. The van der Waals surface area contributed by atoms with Crippen molar-refractivity contribution in [2.24, 2.45) is 5.41 Å². The summed E-state index contributed by atoms with van der Waals surface area (Å²) in [7, 11) is 1.56. The number of hydrogen-bond donors (Lipinski definition) is 2. The number of piperidine rings is 1. The summed E-state index contributed by atoms with van der Waals surface area (Å²) in [5.41, 5.74) is 5.87. The molecule has 2 fully saturated rings. The number of halogens is 1. The third-order valence-corrected chi connectivity index (χ3v) is 9.13. The van der Waals surface area contributed by atoms with Crippen LogP contribution in [-0.2, 0) is 11.8 Å². The number of aromatic nitrogens is 2. The van der Waals surface area contributed by atoms with Crippen LogP contribution in [0.4, 0.5) is 11.6 Å². The molecule has 9 heteroatoms. The van der Waals surface area contributed by atoms with Crippen LogP contribution in [0.25, 0.3) is 11.3 Å². The highest BCUT2D eigenvalue weighted by Gasteiger charge is 2.45. The topological polar surface area (TPSA) is 103 Å². The van der Waals surface area contributed by atoms with E-state index >= 15 is 0 Å². The van der Waals surface area contributed by atoms with Crippen molar-refractivity contribution >= 4 is 29.1 Å². The molecule has 2 aliphatic heterocycles. The van der Waals surface area contributed by atoms with Gasteiger partial charge in [0.2, 0.25) is 5.95 Å². The van der Waals surface area contributed by atoms with Gasteiger partial charge in [0.25, 0.3) is 5.91 Å². The maximum atomic E-state index is 13.3. The monoisotopic (exact) mass is 556 g/mol. The third kappa shape index (κ3) is 4.67. The number of carbonyl (C=O) groups excluding carboxylic acids is 1. The van der Waals surface area contributed by atoms with Crippen LogP contribution < -0.4 is 15.4 Å². The number of hydrogen-bond acceptors (Lipinski definition) is 7. The van der Waals surface area contributed by atoms with Gasteiger partial charge in [-0.2, -0.15) is 5.26 Å². The highest BCUT2D eigenvalue weighted by Crippen LogP contribution is 2.43. The van der Waals surface area contributed by atoms with Gasteiger partial charge in [0.05, 0.1) is 40.7 Å². The van der Waals surface area contributed by atoms with E-state index in [2.05, 4.69) is 41.6 Å². The zero-order chi connectivity index (χ0) is 28.1. The first-order chi connectivity index (χ1) is 19.2. The van der Waals surface area contributed by atoms with E-state index in [1.165, 1.54) is 5.56 Å². The molecule has 0 saturated carbocycles. The first-order valence-corrected chi connectivity index (χ1v) is 14.2. The van der Waals surface area contributed by atoms with Crippen LogP contribution >= 0.6 is 11.6 Å². The molecule has 6 rings (SSSR count). The van der Waals surface area contributed by atoms with Gasteiger partial charge in [-0.1, -0.05) is 25.4 Å². The highest BCUT2D eigenvalue weighted by atomic mass is 35.5. The maximum Gasteiger partial charge on any atom is 0.255 e. The lowest BCUT2D eigenvalue weighted by molar-refractivity contribution is -0.0113. The number of fused-ring (bicyclic) bond motifs is 1. The van der Waals surface area contributed by atoms with Crippen LogP contribution in [0, 0.1) is 16.7 Å². The number of nitrogens with one attached hydrogen (secondary N) is 2. The zero-order valence-electron chi connectivity index (χ0n) is 23.1. The van der Waals surface area contributed by atoms with Crippen molar-refractivity contribution in [2.45, 2.75) is 44.9 Å². The lowest BCUT2D eigenvalue weighted by Crippen LogP contribution is -2.61. The fraction of sp³-hybridized carbons (Fsp3) is 0.419. The van der Waals surface area contributed by atoms with E-state index in [4.69, 9.17) is 21.3 Å². The second-order valence-electron chi connectivity index (χ2n) is 11.9. The van der Waals surface area contributed by atoms with Gasteiger partial charge in [-0.15, -0.1) is 0 Å². The Morgan fingerprint density at radius 1 is 1.18 bits per heavy atom. The van der Waals surface area contributed by atoms with Crippen LogP contribution in [0.2, 0.25) is 5.02 Å². The van der Waals surface area contributed by atoms with Crippen molar-refractivity contribution in [1.29, 1.82) is 5.26 Å². The Balaban J connectivity index is 1.25. The van der Waals surface area contributed by atoms with Crippen LogP contribution in [-0.4, -0.2) is 54.1 Å². The first kappa shape index (κ1) is 26.5. The van der Waals surface area contributed by atoms with Crippen LogP contribution in [0.5, 0.6) is 5.75 Å². The van der Waals surface area contributed by atoms with Crippen molar-refractivity contribution < 1.29 is 9.53 Å². The molecule has 3 aliphatic rings. The predicted octanol–water partition coefficient (Wildman–Crippen LogP) is 5.47. The molecular weight excluding hydrogens is 524 g/mol. The molecule has 40 heavy (non-hydrogen) atoms. The number of benzene rings is 2. The molecule has 1 spiro atoms. The Kier molecular flexibility index (Phi) is 6.68. The molecule has 2 aromatic carbocycles. The molecule has 0 unspecified atom stereocenters. The predicted molar refractivity (Wildman–Crippen MR) is 155 cm³/mol. The number of methoxy groups -OCH3 is 1. The van der Waals surface area contributed by atoms with E-state index < -0.39 is 0 Å². The molecule has 3 heterocycles. The Bertz CT molecular complexity index is 1530. The summed E-state index contributed by atoms with van der Waals surface area (Å²) in [5.74, 6) is 0.759. The zero-order valence-corrected chi connectivity index (χ0v) is 23.9. The van der Waals surface area contributed by atoms with Crippen molar-refractivity contribution in [2.75, 3.05) is 38.6 Å². The number of nitriles is 1. The maximum absolute atomic E-state index is 13.3. The fourth-order valence-corrected chi connectivity index (χ4v) is 6.64. The smallest absolute Gasteiger partial charge is 0.255 e. The fourth-order valence-electron chi connectivity index (χ4n) is 6.40. The quantitative estimate of drug-likeness (QED) is 0.429. The minimum Gasteiger partial charge on any atom is -0.495 e. The molecule has 3 aromatic rings. The average molecular weight is 557 g/mol. The molecule has 2 N–H and O–H groups in total.